The highest BCUT2D eigenvalue weighted by Crippen LogP contribution is 2.26. The number of likely N-dealkylation sites (tertiary alicyclic amines) is 1. The van der Waals surface area contributed by atoms with E-state index in [-0.39, 0.29) is 0 Å². The number of hydrogen-bond acceptors (Lipinski definition) is 2. The monoisotopic (exact) mass is 374 g/mol. The van der Waals surface area contributed by atoms with Gasteiger partial charge in [-0.1, -0.05) is 12.5 Å². The summed E-state index contributed by atoms with van der Waals surface area (Å²) < 4.78 is 2.25. The summed E-state index contributed by atoms with van der Waals surface area (Å²) in [5.74, 6) is 0. The van der Waals surface area contributed by atoms with Crippen molar-refractivity contribution in [3.05, 3.63) is 32.7 Å². The van der Waals surface area contributed by atoms with Crippen LogP contribution in [-0.4, -0.2) is 24.0 Å². The molecule has 1 aliphatic heterocycles. The third kappa shape index (κ3) is 3.80. The molecule has 0 aromatic heterocycles. The molecule has 4 heteroatoms. The van der Waals surface area contributed by atoms with Gasteiger partial charge in [-0.25, -0.2) is 0 Å². The molecule has 1 fully saturated rings. The van der Waals surface area contributed by atoms with Gasteiger partial charge in [-0.05, 0) is 81.9 Å². The fourth-order valence-corrected chi connectivity index (χ4v) is 3.33. The molecule has 1 heterocycles. The van der Waals surface area contributed by atoms with E-state index in [2.05, 4.69) is 55.0 Å². The second kappa shape index (κ2) is 7.04. The minimum atomic E-state index is 0.672. The molecular formula is C14H20Br2N2. The number of rotatable bonds is 4. The molecule has 1 atom stereocenters. The Morgan fingerprint density at radius 3 is 2.78 bits per heavy atom. The SMILES string of the molecule is NCCC1CCCCN1Cc1ccc(Br)c(Br)c1. The van der Waals surface area contributed by atoms with Crippen molar-refractivity contribution >= 4 is 31.9 Å². The molecule has 2 nitrogen and oxygen atoms in total. The number of hydrogen-bond donors (Lipinski definition) is 1. The Kier molecular flexibility index (Phi) is 5.67. The van der Waals surface area contributed by atoms with Crippen LogP contribution in [0.5, 0.6) is 0 Å². The highest BCUT2D eigenvalue weighted by Gasteiger charge is 2.21. The maximum absolute atomic E-state index is 5.72. The molecule has 1 aromatic rings. The fourth-order valence-electron chi connectivity index (χ4n) is 2.66. The zero-order valence-electron chi connectivity index (χ0n) is 10.5. The third-order valence-corrected chi connectivity index (χ3v) is 5.50. The van der Waals surface area contributed by atoms with E-state index in [9.17, 15) is 0 Å². The molecule has 1 unspecified atom stereocenters. The summed E-state index contributed by atoms with van der Waals surface area (Å²) in [7, 11) is 0. The lowest BCUT2D eigenvalue weighted by Crippen LogP contribution is -2.40. The van der Waals surface area contributed by atoms with E-state index in [1.54, 1.807) is 0 Å². The average Bonchev–Trinajstić information content (AvgIpc) is 2.37. The Morgan fingerprint density at radius 2 is 2.06 bits per heavy atom. The molecule has 0 saturated carbocycles. The highest BCUT2D eigenvalue weighted by atomic mass is 79.9. The van der Waals surface area contributed by atoms with E-state index < -0.39 is 0 Å². The molecule has 100 valence electrons. The largest absolute Gasteiger partial charge is 0.330 e. The molecule has 0 amide bonds. The molecule has 2 N–H and O–H groups in total. The van der Waals surface area contributed by atoms with E-state index in [0.29, 0.717) is 6.04 Å². The van der Waals surface area contributed by atoms with Gasteiger partial charge in [0.05, 0.1) is 0 Å². The summed E-state index contributed by atoms with van der Waals surface area (Å²) in [5.41, 5.74) is 7.09. The minimum Gasteiger partial charge on any atom is -0.330 e. The van der Waals surface area contributed by atoms with E-state index >= 15 is 0 Å². The Hall–Kier alpha value is 0.1000. The van der Waals surface area contributed by atoms with Crippen molar-refractivity contribution in [2.75, 3.05) is 13.1 Å². The lowest BCUT2D eigenvalue weighted by atomic mass is 9.98. The van der Waals surface area contributed by atoms with Gasteiger partial charge in [-0.3, -0.25) is 4.90 Å². The normalized spacial score (nSPS) is 21.2. The zero-order valence-corrected chi connectivity index (χ0v) is 13.7. The topological polar surface area (TPSA) is 29.3 Å². The molecule has 0 spiro atoms. The highest BCUT2D eigenvalue weighted by molar-refractivity contribution is 9.13. The van der Waals surface area contributed by atoms with Gasteiger partial charge in [0.15, 0.2) is 0 Å². The van der Waals surface area contributed by atoms with Crippen molar-refractivity contribution in [1.29, 1.82) is 0 Å². The fraction of sp³-hybridized carbons (Fsp3) is 0.571. The van der Waals surface area contributed by atoms with Gasteiger partial charge >= 0.3 is 0 Å². The quantitative estimate of drug-likeness (QED) is 0.864. The maximum Gasteiger partial charge on any atom is 0.0320 e. The molecule has 0 radical (unpaired) electrons. The Bertz CT molecular complexity index is 393. The number of piperidine rings is 1. The number of nitrogens with zero attached hydrogens (tertiary/aromatic N) is 1. The first-order chi connectivity index (χ1) is 8.70. The van der Waals surface area contributed by atoms with Gasteiger partial charge in [-0.2, -0.15) is 0 Å². The van der Waals surface area contributed by atoms with Crippen LogP contribution in [0, 0.1) is 0 Å². The van der Waals surface area contributed by atoms with E-state index in [1.165, 1.54) is 31.4 Å². The first-order valence-electron chi connectivity index (χ1n) is 6.58. The van der Waals surface area contributed by atoms with E-state index in [0.717, 1.165) is 28.5 Å². The summed E-state index contributed by atoms with van der Waals surface area (Å²) >= 11 is 7.09. The lowest BCUT2D eigenvalue weighted by molar-refractivity contribution is 0.134. The van der Waals surface area contributed by atoms with Crippen molar-refractivity contribution in [3.63, 3.8) is 0 Å². The van der Waals surface area contributed by atoms with Gasteiger partial charge in [0, 0.05) is 21.5 Å². The van der Waals surface area contributed by atoms with Gasteiger partial charge in [0.2, 0.25) is 0 Å². The predicted octanol–water partition coefficient (Wildman–Crippen LogP) is 3.91. The second-order valence-electron chi connectivity index (χ2n) is 4.95. The molecule has 1 aliphatic rings. The second-order valence-corrected chi connectivity index (χ2v) is 6.65. The molecule has 0 bridgehead atoms. The number of benzene rings is 1. The summed E-state index contributed by atoms with van der Waals surface area (Å²) in [6.07, 6.45) is 5.09. The molecule has 1 aromatic carbocycles. The number of halogens is 2. The van der Waals surface area contributed by atoms with Gasteiger partial charge in [-0.15, -0.1) is 0 Å². The molecular weight excluding hydrogens is 356 g/mol. The first kappa shape index (κ1) is 14.5. The van der Waals surface area contributed by atoms with Gasteiger partial charge in [0.25, 0.3) is 0 Å². The first-order valence-corrected chi connectivity index (χ1v) is 8.17. The van der Waals surface area contributed by atoms with Crippen molar-refractivity contribution in [1.82, 2.24) is 4.90 Å². The van der Waals surface area contributed by atoms with Crippen LogP contribution in [0.1, 0.15) is 31.2 Å². The summed E-state index contributed by atoms with van der Waals surface area (Å²) in [4.78, 5) is 2.59. The minimum absolute atomic E-state index is 0.672. The van der Waals surface area contributed by atoms with Gasteiger partial charge < -0.3 is 5.73 Å². The lowest BCUT2D eigenvalue weighted by Gasteiger charge is -2.35. The van der Waals surface area contributed by atoms with Crippen molar-refractivity contribution in [2.45, 2.75) is 38.3 Å². The van der Waals surface area contributed by atoms with E-state index in [1.807, 2.05) is 0 Å². The Labute approximate surface area is 126 Å². The summed E-state index contributed by atoms with van der Waals surface area (Å²) in [6, 6.07) is 7.19. The maximum atomic E-state index is 5.72. The average molecular weight is 376 g/mol. The van der Waals surface area contributed by atoms with Crippen LogP contribution in [0.15, 0.2) is 27.1 Å². The molecule has 1 saturated heterocycles. The predicted molar refractivity (Wildman–Crippen MR) is 83.6 cm³/mol. The standard InChI is InChI=1S/C14H20Br2N2/c15-13-5-4-11(9-14(13)16)10-18-8-2-1-3-12(18)6-7-17/h4-5,9,12H,1-3,6-8,10,17H2. The van der Waals surface area contributed by atoms with Crippen molar-refractivity contribution < 1.29 is 0 Å². The Morgan fingerprint density at radius 1 is 1.22 bits per heavy atom. The van der Waals surface area contributed by atoms with Crippen molar-refractivity contribution in [2.24, 2.45) is 5.73 Å². The summed E-state index contributed by atoms with van der Waals surface area (Å²) in [6.45, 7) is 3.04. The molecule has 18 heavy (non-hydrogen) atoms. The molecule has 2 rings (SSSR count). The van der Waals surface area contributed by atoms with Crippen LogP contribution in [0.25, 0.3) is 0 Å². The van der Waals surface area contributed by atoms with E-state index in [4.69, 9.17) is 5.73 Å². The smallest absolute Gasteiger partial charge is 0.0320 e. The van der Waals surface area contributed by atoms with Crippen LogP contribution < -0.4 is 5.73 Å². The summed E-state index contributed by atoms with van der Waals surface area (Å²) in [5, 5.41) is 0. The van der Waals surface area contributed by atoms with Gasteiger partial charge in [0.1, 0.15) is 0 Å². The molecule has 0 aliphatic carbocycles. The Balaban J connectivity index is 2.03. The van der Waals surface area contributed by atoms with Crippen LogP contribution in [-0.2, 0) is 6.54 Å². The van der Waals surface area contributed by atoms with Crippen LogP contribution in [0.4, 0.5) is 0 Å². The van der Waals surface area contributed by atoms with Crippen molar-refractivity contribution in [3.8, 4) is 0 Å². The van der Waals surface area contributed by atoms with Crippen LogP contribution in [0.2, 0.25) is 0 Å². The zero-order chi connectivity index (χ0) is 13.0. The number of nitrogens with two attached hydrogens (primary N) is 1. The van der Waals surface area contributed by atoms with Crippen LogP contribution >= 0.6 is 31.9 Å². The van der Waals surface area contributed by atoms with Crippen LogP contribution in [0.3, 0.4) is 0 Å². The third-order valence-electron chi connectivity index (χ3n) is 3.62.